The van der Waals surface area contributed by atoms with Gasteiger partial charge in [0, 0.05) is 49.9 Å². The zero-order valence-electron chi connectivity index (χ0n) is 35.6. The van der Waals surface area contributed by atoms with Gasteiger partial charge in [-0.1, -0.05) is 89.5 Å². The van der Waals surface area contributed by atoms with Gasteiger partial charge in [-0.05, 0) is 155 Å². The molecule has 1 saturated carbocycles. The summed E-state index contributed by atoms with van der Waals surface area (Å²) in [5.74, 6) is -2.94. The number of hydrogen-bond acceptors (Lipinski definition) is 4. The number of aromatic amines is 2. The first kappa shape index (κ1) is 42.8. The first-order valence-electron chi connectivity index (χ1n) is 21.6. The number of halogens is 5. The number of hydrogen-bond donors (Lipinski definition) is 2. The molecular formula is C54H41Br2F3N4O2. The van der Waals surface area contributed by atoms with Gasteiger partial charge in [0.25, 0.3) is 0 Å². The van der Waals surface area contributed by atoms with Crippen molar-refractivity contribution in [2.45, 2.75) is 58.5 Å². The number of fused-ring (bicyclic) bond motifs is 8. The van der Waals surface area contributed by atoms with E-state index in [1.54, 1.807) is 0 Å². The molecule has 2 N–H and O–H groups in total. The minimum Gasteiger partial charge on any atom is -0.355 e. The summed E-state index contributed by atoms with van der Waals surface area (Å²) >= 11 is 6.04. The van der Waals surface area contributed by atoms with E-state index in [0.717, 1.165) is 100 Å². The van der Waals surface area contributed by atoms with Crippen LogP contribution in [0, 0.1) is 26.7 Å². The standard InChI is InChI=1S/C54H41Br2F3N4O2/c1-28-4-10-31(11-5-28)44-36-20-22-38(60-36)45(32-12-6-29(2)7-13-32)40-24-26-42(62-40)47(34-16-18-35(19-17-34)48-49(54(57,58)59)53(65)51(56)50(55)52(48)64)43-27-25-41(63-43)46(39-23-21-37(44)61-39)33-14-8-30(3)9-15-33/h4-15,20-27,34-35,60,63H,16-19H2,1-3H3. The van der Waals surface area contributed by atoms with Gasteiger partial charge in [0.2, 0.25) is 5.78 Å². The van der Waals surface area contributed by atoms with Gasteiger partial charge in [0.15, 0.2) is 5.78 Å². The van der Waals surface area contributed by atoms with Gasteiger partial charge in [-0.3, -0.25) is 9.59 Å². The Balaban J connectivity index is 1.23. The molecule has 8 bridgehead atoms. The number of carbonyl (C=O) groups excluding carboxylic acids is 2. The summed E-state index contributed by atoms with van der Waals surface area (Å²) in [6, 6.07) is 33.6. The second-order valence-corrected chi connectivity index (χ2v) is 18.8. The number of rotatable bonds is 5. The monoisotopic (exact) mass is 992 g/mol. The minimum absolute atomic E-state index is 0.146. The Labute approximate surface area is 390 Å². The minimum atomic E-state index is -4.99. The van der Waals surface area contributed by atoms with Gasteiger partial charge < -0.3 is 9.97 Å². The molecule has 6 aromatic rings. The Bertz CT molecular complexity index is 3230. The van der Waals surface area contributed by atoms with Crippen molar-refractivity contribution in [2.24, 2.45) is 5.92 Å². The molecule has 324 valence electrons. The van der Waals surface area contributed by atoms with Crippen LogP contribution in [0.3, 0.4) is 0 Å². The molecule has 3 aromatic carbocycles. The fourth-order valence-electron chi connectivity index (χ4n) is 9.73. The van der Waals surface area contributed by atoms with E-state index in [4.69, 9.17) is 9.97 Å². The van der Waals surface area contributed by atoms with Crippen molar-refractivity contribution in [1.82, 2.24) is 19.9 Å². The Morgan fingerprint density at radius 3 is 1.28 bits per heavy atom. The Morgan fingerprint density at radius 1 is 0.492 bits per heavy atom. The second kappa shape index (κ2) is 16.7. The molecule has 11 heteroatoms. The number of ketones is 2. The molecule has 1 fully saturated rings. The Morgan fingerprint density at radius 2 is 0.846 bits per heavy atom. The van der Waals surface area contributed by atoms with Crippen LogP contribution in [0.2, 0.25) is 0 Å². The predicted molar refractivity (Wildman–Crippen MR) is 262 cm³/mol. The van der Waals surface area contributed by atoms with Gasteiger partial charge in [0.05, 0.1) is 31.7 Å². The molecule has 10 rings (SSSR count). The topological polar surface area (TPSA) is 91.5 Å². The number of nitrogens with zero attached hydrogens (tertiary/aromatic N) is 2. The second-order valence-electron chi connectivity index (χ2n) is 17.3. The summed E-state index contributed by atoms with van der Waals surface area (Å²) in [6.07, 6.45) is 4.67. The summed E-state index contributed by atoms with van der Waals surface area (Å²) in [7, 11) is 0. The van der Waals surface area contributed by atoms with Crippen LogP contribution < -0.4 is 0 Å². The number of carbonyl (C=O) groups is 2. The van der Waals surface area contributed by atoms with Gasteiger partial charge in [-0.15, -0.1) is 0 Å². The first-order chi connectivity index (χ1) is 31.2. The van der Waals surface area contributed by atoms with Crippen LogP contribution in [0.25, 0.3) is 79.8 Å². The predicted octanol–water partition coefficient (Wildman–Crippen LogP) is 14.9. The Kier molecular flexibility index (Phi) is 11.0. The van der Waals surface area contributed by atoms with Gasteiger partial charge in [0.1, 0.15) is 5.57 Å². The highest BCUT2D eigenvalue weighted by atomic mass is 79.9. The highest BCUT2D eigenvalue weighted by Gasteiger charge is 2.49. The third kappa shape index (κ3) is 7.82. The molecule has 0 amide bonds. The summed E-state index contributed by atoms with van der Waals surface area (Å²) in [5, 5.41) is 0. The highest BCUT2D eigenvalue weighted by Crippen LogP contribution is 2.48. The van der Waals surface area contributed by atoms with Crippen LogP contribution in [0.1, 0.15) is 76.6 Å². The third-order valence-corrected chi connectivity index (χ3v) is 15.0. The van der Waals surface area contributed by atoms with Gasteiger partial charge in [-0.25, -0.2) is 9.97 Å². The maximum atomic E-state index is 14.6. The quantitative estimate of drug-likeness (QED) is 0.168. The van der Waals surface area contributed by atoms with Crippen molar-refractivity contribution < 1.29 is 22.8 Å². The maximum Gasteiger partial charge on any atom is 0.420 e. The number of benzene rings is 3. The lowest BCUT2D eigenvalue weighted by Crippen LogP contribution is -2.33. The Hall–Kier alpha value is -6.17. The average Bonchev–Trinajstić information content (AvgIpc) is 4.14. The van der Waals surface area contributed by atoms with Crippen molar-refractivity contribution in [3.63, 3.8) is 0 Å². The molecule has 65 heavy (non-hydrogen) atoms. The van der Waals surface area contributed by atoms with Crippen LogP contribution in [0.4, 0.5) is 13.2 Å². The van der Waals surface area contributed by atoms with Crippen molar-refractivity contribution >= 4 is 89.8 Å². The number of Topliss-reactive ketones (excluding diaryl/α,β-unsaturated/α-hetero) is 2. The largest absolute Gasteiger partial charge is 0.420 e. The normalized spacial score (nSPS) is 17.7. The molecule has 0 atom stereocenters. The molecule has 0 saturated heterocycles. The fraction of sp³-hybridized carbons (Fsp3) is 0.185. The van der Waals surface area contributed by atoms with Crippen LogP contribution >= 0.6 is 31.9 Å². The van der Waals surface area contributed by atoms with E-state index in [-0.39, 0.29) is 23.2 Å². The number of aromatic nitrogens is 4. The van der Waals surface area contributed by atoms with Crippen LogP contribution in [-0.4, -0.2) is 37.7 Å². The number of aryl methyl sites for hydroxylation is 3. The van der Waals surface area contributed by atoms with Crippen LogP contribution in [-0.2, 0) is 9.59 Å². The van der Waals surface area contributed by atoms with E-state index in [9.17, 15) is 22.8 Å². The molecule has 4 aliphatic rings. The number of H-pyrrole nitrogens is 2. The lowest BCUT2D eigenvalue weighted by Gasteiger charge is -2.33. The summed E-state index contributed by atoms with van der Waals surface area (Å²) in [5.41, 5.74) is 14.8. The molecule has 0 spiro atoms. The van der Waals surface area contributed by atoms with E-state index in [1.807, 2.05) is 12.2 Å². The maximum absolute atomic E-state index is 14.6. The molecule has 6 nitrogen and oxygen atoms in total. The van der Waals surface area contributed by atoms with Crippen molar-refractivity contribution in [3.05, 3.63) is 162 Å². The first-order valence-corrected chi connectivity index (χ1v) is 23.2. The van der Waals surface area contributed by atoms with Crippen molar-refractivity contribution in [3.8, 4) is 33.4 Å². The van der Waals surface area contributed by atoms with E-state index in [1.165, 1.54) is 0 Å². The SMILES string of the molecule is Cc1ccc(-c2c3nc(c(-c4ccc(C)cc4)c4ccc([nH]4)c(C4CCC(C5=C(C(F)(F)F)C(=O)C(Br)=C(Br)C5=O)CC4)c4nc(c(-c5ccc(C)cc5)c5ccc2[nH]5)C=C4)C=C3)cc1. The molecule has 0 unspecified atom stereocenters. The van der Waals surface area contributed by atoms with Gasteiger partial charge in [-0.2, -0.15) is 13.2 Å². The zero-order valence-corrected chi connectivity index (χ0v) is 38.8. The molecule has 5 heterocycles. The molecule has 0 radical (unpaired) electrons. The average molecular weight is 995 g/mol. The third-order valence-electron chi connectivity index (χ3n) is 13.0. The molecule has 2 aliphatic carbocycles. The van der Waals surface area contributed by atoms with Crippen molar-refractivity contribution in [2.75, 3.05) is 0 Å². The number of allylic oxidation sites excluding steroid dienone is 4. The van der Waals surface area contributed by atoms with E-state index < -0.39 is 39.3 Å². The van der Waals surface area contributed by atoms with Crippen LogP contribution in [0.5, 0.6) is 0 Å². The van der Waals surface area contributed by atoms with E-state index >= 15 is 0 Å². The fourth-order valence-corrected chi connectivity index (χ4v) is 10.5. The number of nitrogens with one attached hydrogen (secondary N) is 2. The summed E-state index contributed by atoms with van der Waals surface area (Å²) in [6.45, 7) is 6.19. The number of alkyl halides is 3. The van der Waals surface area contributed by atoms with Gasteiger partial charge >= 0.3 is 6.18 Å². The van der Waals surface area contributed by atoms with E-state index in [0.29, 0.717) is 12.8 Å². The smallest absolute Gasteiger partial charge is 0.355 e. The molecule has 2 aliphatic heterocycles. The summed E-state index contributed by atoms with van der Waals surface area (Å²) < 4.78 is 43.1. The molecular weight excluding hydrogens is 953 g/mol. The lowest BCUT2D eigenvalue weighted by atomic mass is 9.72. The lowest BCUT2D eigenvalue weighted by molar-refractivity contribution is -0.128. The van der Waals surface area contributed by atoms with Crippen LogP contribution in [0.15, 0.2) is 117 Å². The highest BCUT2D eigenvalue weighted by molar-refractivity contribution is 9.14. The zero-order chi connectivity index (χ0) is 45.3. The molecule has 3 aromatic heterocycles. The van der Waals surface area contributed by atoms with Crippen molar-refractivity contribution in [1.29, 1.82) is 0 Å². The van der Waals surface area contributed by atoms with E-state index in [2.05, 4.69) is 172 Å². The summed E-state index contributed by atoms with van der Waals surface area (Å²) in [4.78, 5) is 45.0.